The van der Waals surface area contributed by atoms with E-state index in [9.17, 15) is 0 Å². The number of benzene rings is 2. The molecule has 2 aromatic carbocycles. The molecule has 0 saturated carbocycles. The van der Waals surface area contributed by atoms with Gasteiger partial charge in [0.2, 0.25) is 0 Å². The van der Waals surface area contributed by atoms with E-state index in [2.05, 4.69) is 60.8 Å². The highest BCUT2D eigenvalue weighted by Crippen LogP contribution is 2.20. The number of rotatable bonds is 6. The van der Waals surface area contributed by atoms with Gasteiger partial charge in [0.05, 0.1) is 12.6 Å². The summed E-state index contributed by atoms with van der Waals surface area (Å²) in [6, 6.07) is 15.6. The van der Waals surface area contributed by atoms with E-state index < -0.39 is 0 Å². The standard InChI is InChI=1S/C19H23NO/c1-2-11-20-18(19-8-5-12-21-19)14-15-9-10-16-6-3-4-7-17(16)13-15/h3-4,6-10,13,18,20H,2,5,11-12,14H2,1H3. The zero-order chi connectivity index (χ0) is 14.5. The molecule has 21 heavy (non-hydrogen) atoms. The molecule has 1 heterocycles. The molecule has 1 atom stereocenters. The van der Waals surface area contributed by atoms with Crippen molar-refractivity contribution in [2.24, 2.45) is 0 Å². The second-order valence-electron chi connectivity index (χ2n) is 5.64. The summed E-state index contributed by atoms with van der Waals surface area (Å²) < 4.78 is 5.77. The Balaban J connectivity index is 1.79. The van der Waals surface area contributed by atoms with Crippen molar-refractivity contribution in [1.29, 1.82) is 0 Å². The van der Waals surface area contributed by atoms with Gasteiger partial charge in [-0.3, -0.25) is 0 Å². The molecule has 2 heteroatoms. The normalized spacial score (nSPS) is 15.8. The van der Waals surface area contributed by atoms with Crippen LogP contribution in [0.4, 0.5) is 0 Å². The molecule has 1 aliphatic heterocycles. The molecular weight excluding hydrogens is 258 g/mol. The maximum atomic E-state index is 5.77. The van der Waals surface area contributed by atoms with Crippen LogP contribution < -0.4 is 5.32 Å². The van der Waals surface area contributed by atoms with Crippen LogP contribution in [0.15, 0.2) is 54.3 Å². The molecular formula is C19H23NO. The van der Waals surface area contributed by atoms with E-state index >= 15 is 0 Å². The lowest BCUT2D eigenvalue weighted by molar-refractivity contribution is 0.214. The maximum Gasteiger partial charge on any atom is 0.109 e. The van der Waals surface area contributed by atoms with Crippen LogP contribution in [0, 0.1) is 0 Å². The zero-order valence-electron chi connectivity index (χ0n) is 12.6. The number of fused-ring (bicyclic) bond motifs is 1. The van der Waals surface area contributed by atoms with E-state index in [1.54, 1.807) is 0 Å². The minimum absolute atomic E-state index is 0.300. The summed E-state index contributed by atoms with van der Waals surface area (Å²) >= 11 is 0. The molecule has 0 radical (unpaired) electrons. The first-order chi connectivity index (χ1) is 10.4. The number of hydrogen-bond acceptors (Lipinski definition) is 2. The van der Waals surface area contributed by atoms with Crippen LogP contribution in [0.25, 0.3) is 10.8 Å². The predicted octanol–water partition coefficient (Wildman–Crippen LogP) is 4.05. The van der Waals surface area contributed by atoms with E-state index in [0.717, 1.165) is 38.2 Å². The van der Waals surface area contributed by atoms with Crippen LogP contribution in [0.2, 0.25) is 0 Å². The first-order valence-electron chi connectivity index (χ1n) is 7.90. The van der Waals surface area contributed by atoms with Crippen molar-refractivity contribution in [1.82, 2.24) is 5.32 Å². The summed E-state index contributed by atoms with van der Waals surface area (Å²) in [6.07, 6.45) is 5.39. The van der Waals surface area contributed by atoms with Crippen molar-refractivity contribution in [3.63, 3.8) is 0 Å². The molecule has 0 amide bonds. The highest BCUT2D eigenvalue weighted by atomic mass is 16.5. The van der Waals surface area contributed by atoms with Crippen molar-refractivity contribution in [3.8, 4) is 0 Å². The fourth-order valence-corrected chi connectivity index (χ4v) is 2.87. The van der Waals surface area contributed by atoms with E-state index in [1.165, 1.54) is 16.3 Å². The van der Waals surface area contributed by atoms with Gasteiger partial charge in [-0.1, -0.05) is 49.4 Å². The van der Waals surface area contributed by atoms with Crippen molar-refractivity contribution in [3.05, 3.63) is 59.9 Å². The van der Waals surface area contributed by atoms with Gasteiger partial charge in [-0.05, 0) is 41.8 Å². The summed E-state index contributed by atoms with van der Waals surface area (Å²) in [5.74, 6) is 1.12. The van der Waals surface area contributed by atoms with Gasteiger partial charge in [-0.15, -0.1) is 0 Å². The minimum Gasteiger partial charge on any atom is -0.496 e. The summed E-state index contributed by atoms with van der Waals surface area (Å²) in [7, 11) is 0. The van der Waals surface area contributed by atoms with Crippen LogP contribution in [0.1, 0.15) is 25.3 Å². The monoisotopic (exact) mass is 281 g/mol. The molecule has 0 bridgehead atoms. The molecule has 0 saturated heterocycles. The largest absolute Gasteiger partial charge is 0.496 e. The predicted molar refractivity (Wildman–Crippen MR) is 88.4 cm³/mol. The Morgan fingerprint density at radius 1 is 1.14 bits per heavy atom. The second kappa shape index (κ2) is 6.77. The van der Waals surface area contributed by atoms with Gasteiger partial charge >= 0.3 is 0 Å². The molecule has 1 N–H and O–H groups in total. The van der Waals surface area contributed by atoms with E-state index in [1.807, 2.05) is 0 Å². The van der Waals surface area contributed by atoms with Gasteiger partial charge in [0, 0.05) is 6.42 Å². The maximum absolute atomic E-state index is 5.77. The topological polar surface area (TPSA) is 21.3 Å². The molecule has 3 rings (SSSR count). The highest BCUT2D eigenvalue weighted by molar-refractivity contribution is 5.83. The molecule has 1 unspecified atom stereocenters. The third kappa shape index (κ3) is 3.45. The number of hydrogen-bond donors (Lipinski definition) is 1. The molecule has 2 aromatic rings. The lowest BCUT2D eigenvalue weighted by Crippen LogP contribution is -2.33. The molecule has 110 valence electrons. The average molecular weight is 281 g/mol. The first kappa shape index (κ1) is 14.2. The smallest absolute Gasteiger partial charge is 0.109 e. The van der Waals surface area contributed by atoms with Gasteiger partial charge < -0.3 is 10.1 Å². The lowest BCUT2D eigenvalue weighted by atomic mass is 10.0. The van der Waals surface area contributed by atoms with Gasteiger partial charge in [-0.2, -0.15) is 0 Å². The third-order valence-electron chi connectivity index (χ3n) is 3.97. The summed E-state index contributed by atoms with van der Waals surface area (Å²) in [6.45, 7) is 4.06. The summed E-state index contributed by atoms with van der Waals surface area (Å²) in [4.78, 5) is 0. The Kier molecular flexibility index (Phi) is 4.56. The van der Waals surface area contributed by atoms with Crippen LogP contribution in [0.5, 0.6) is 0 Å². The van der Waals surface area contributed by atoms with E-state index in [0.29, 0.717) is 6.04 Å². The van der Waals surface area contributed by atoms with Crippen molar-refractivity contribution in [2.45, 2.75) is 32.2 Å². The molecule has 0 spiro atoms. The quantitative estimate of drug-likeness (QED) is 0.862. The van der Waals surface area contributed by atoms with Crippen LogP contribution in [0.3, 0.4) is 0 Å². The van der Waals surface area contributed by atoms with E-state index in [4.69, 9.17) is 4.74 Å². The fraction of sp³-hybridized carbons (Fsp3) is 0.368. The van der Waals surface area contributed by atoms with Gasteiger partial charge in [0.25, 0.3) is 0 Å². The van der Waals surface area contributed by atoms with Crippen LogP contribution in [-0.2, 0) is 11.2 Å². The Morgan fingerprint density at radius 2 is 2.00 bits per heavy atom. The molecule has 0 aromatic heterocycles. The summed E-state index contributed by atoms with van der Waals surface area (Å²) in [5.41, 5.74) is 1.36. The van der Waals surface area contributed by atoms with Gasteiger partial charge in [-0.25, -0.2) is 0 Å². The third-order valence-corrected chi connectivity index (χ3v) is 3.97. The van der Waals surface area contributed by atoms with Crippen molar-refractivity contribution < 1.29 is 4.74 Å². The van der Waals surface area contributed by atoms with Crippen molar-refractivity contribution in [2.75, 3.05) is 13.2 Å². The SMILES string of the molecule is CCCNC(Cc1ccc2ccccc2c1)C1=CCCO1. The molecule has 0 aliphatic carbocycles. The highest BCUT2D eigenvalue weighted by Gasteiger charge is 2.18. The molecule has 1 aliphatic rings. The lowest BCUT2D eigenvalue weighted by Gasteiger charge is -2.20. The summed E-state index contributed by atoms with van der Waals surface area (Å²) in [5, 5.41) is 6.23. The number of ether oxygens (including phenoxy) is 1. The zero-order valence-corrected chi connectivity index (χ0v) is 12.6. The van der Waals surface area contributed by atoms with Crippen LogP contribution >= 0.6 is 0 Å². The number of nitrogens with one attached hydrogen (secondary N) is 1. The first-order valence-corrected chi connectivity index (χ1v) is 7.90. The van der Waals surface area contributed by atoms with Crippen molar-refractivity contribution >= 4 is 10.8 Å². The molecule has 2 nitrogen and oxygen atoms in total. The van der Waals surface area contributed by atoms with Crippen LogP contribution in [-0.4, -0.2) is 19.2 Å². The Hall–Kier alpha value is -1.80. The fourth-order valence-electron chi connectivity index (χ4n) is 2.87. The average Bonchev–Trinajstić information content (AvgIpc) is 3.05. The second-order valence-corrected chi connectivity index (χ2v) is 5.64. The molecule has 0 fully saturated rings. The Bertz CT molecular complexity index is 632. The van der Waals surface area contributed by atoms with Gasteiger partial charge in [0.15, 0.2) is 0 Å². The van der Waals surface area contributed by atoms with Gasteiger partial charge in [0.1, 0.15) is 5.76 Å². The Morgan fingerprint density at radius 3 is 2.76 bits per heavy atom. The minimum atomic E-state index is 0.300. The van der Waals surface area contributed by atoms with E-state index in [-0.39, 0.29) is 0 Å². The Labute approximate surface area is 126 Å².